The van der Waals surface area contributed by atoms with E-state index in [1.165, 1.54) is 0 Å². The van der Waals surface area contributed by atoms with Gasteiger partial charge in [0, 0.05) is 10.6 Å². The number of nitrogens with zero attached hydrogens (tertiary/aromatic N) is 2. The van der Waals surface area contributed by atoms with Crippen LogP contribution in [0.3, 0.4) is 0 Å². The molecule has 0 radical (unpaired) electrons. The van der Waals surface area contributed by atoms with Crippen LogP contribution >= 0.6 is 35.2 Å². The van der Waals surface area contributed by atoms with Crippen molar-refractivity contribution >= 4 is 56.2 Å². The SMILES string of the molecule is S=C=Nc1ccc2nc(-c3ccc(Cl)cc3)sc2c1. The lowest BCUT2D eigenvalue weighted by Gasteiger charge is -1.94. The number of rotatable bonds is 2. The van der Waals surface area contributed by atoms with E-state index in [1.807, 2.05) is 42.5 Å². The van der Waals surface area contributed by atoms with Crippen molar-refractivity contribution in [3.05, 3.63) is 47.5 Å². The van der Waals surface area contributed by atoms with E-state index in [0.717, 1.165) is 31.5 Å². The number of hydrogen-bond donors (Lipinski definition) is 0. The highest BCUT2D eigenvalue weighted by Crippen LogP contribution is 2.32. The first-order chi connectivity index (χ1) is 9.26. The summed E-state index contributed by atoms with van der Waals surface area (Å²) in [5.41, 5.74) is 2.82. The molecule has 0 aliphatic rings. The Hall–Kier alpha value is -1.58. The van der Waals surface area contributed by atoms with Crippen LogP contribution in [-0.2, 0) is 0 Å². The third-order valence-corrected chi connectivity index (χ3v) is 4.05. The zero-order valence-electron chi connectivity index (χ0n) is 9.63. The largest absolute Gasteiger partial charge is 0.236 e. The van der Waals surface area contributed by atoms with Gasteiger partial charge < -0.3 is 0 Å². The van der Waals surface area contributed by atoms with E-state index in [1.54, 1.807) is 11.3 Å². The summed E-state index contributed by atoms with van der Waals surface area (Å²) in [6.45, 7) is 0. The molecule has 0 atom stereocenters. The first-order valence-electron chi connectivity index (χ1n) is 5.51. The van der Waals surface area contributed by atoms with E-state index in [4.69, 9.17) is 11.6 Å². The summed E-state index contributed by atoms with van der Waals surface area (Å²) < 4.78 is 1.08. The van der Waals surface area contributed by atoms with Gasteiger partial charge in [-0.15, -0.1) is 11.3 Å². The molecule has 0 saturated carbocycles. The van der Waals surface area contributed by atoms with Crippen LogP contribution in [0.15, 0.2) is 47.5 Å². The summed E-state index contributed by atoms with van der Waals surface area (Å²) in [6.07, 6.45) is 0. The van der Waals surface area contributed by atoms with Gasteiger partial charge in [0.2, 0.25) is 0 Å². The van der Waals surface area contributed by atoms with Gasteiger partial charge in [-0.3, -0.25) is 0 Å². The molecule has 0 fully saturated rings. The molecule has 0 spiro atoms. The molecule has 0 aliphatic heterocycles. The highest BCUT2D eigenvalue weighted by molar-refractivity contribution is 7.78. The Labute approximate surface area is 124 Å². The Balaban J connectivity index is 2.10. The number of halogens is 1. The third-order valence-electron chi connectivity index (χ3n) is 2.64. The normalized spacial score (nSPS) is 10.4. The van der Waals surface area contributed by atoms with E-state index >= 15 is 0 Å². The van der Waals surface area contributed by atoms with Crippen LogP contribution in [-0.4, -0.2) is 10.1 Å². The van der Waals surface area contributed by atoms with Gasteiger partial charge in [0.1, 0.15) is 5.01 Å². The molecular weight excluding hydrogens is 296 g/mol. The molecule has 0 unspecified atom stereocenters. The summed E-state index contributed by atoms with van der Waals surface area (Å²) >= 11 is 12.1. The monoisotopic (exact) mass is 302 g/mol. The van der Waals surface area contributed by atoms with E-state index < -0.39 is 0 Å². The highest BCUT2D eigenvalue weighted by atomic mass is 35.5. The van der Waals surface area contributed by atoms with Gasteiger partial charge in [-0.05, 0) is 42.5 Å². The fourth-order valence-electron chi connectivity index (χ4n) is 1.75. The van der Waals surface area contributed by atoms with Crippen molar-refractivity contribution in [1.82, 2.24) is 4.98 Å². The molecule has 0 aliphatic carbocycles. The Kier molecular flexibility index (Phi) is 3.40. The summed E-state index contributed by atoms with van der Waals surface area (Å²) in [5.74, 6) is 0. The number of hydrogen-bond acceptors (Lipinski definition) is 4. The Morgan fingerprint density at radius 1 is 1.16 bits per heavy atom. The van der Waals surface area contributed by atoms with Crippen LogP contribution in [0.2, 0.25) is 5.02 Å². The molecule has 92 valence electrons. The first kappa shape index (κ1) is 12.5. The second-order valence-electron chi connectivity index (χ2n) is 3.88. The molecule has 3 rings (SSSR count). The van der Waals surface area contributed by atoms with Crippen LogP contribution in [0, 0.1) is 0 Å². The standard InChI is InChI=1S/C14H7ClN2S2/c15-10-3-1-9(2-4-10)14-17-12-6-5-11(16-8-18)7-13(12)19-14/h1-7H. The summed E-state index contributed by atoms with van der Waals surface area (Å²) in [4.78, 5) is 8.58. The lowest BCUT2D eigenvalue weighted by molar-refractivity contribution is 1.47. The number of aliphatic imine (C=N–C) groups is 1. The minimum atomic E-state index is 0.725. The summed E-state index contributed by atoms with van der Waals surface area (Å²) in [6, 6.07) is 13.5. The second-order valence-corrected chi connectivity index (χ2v) is 5.53. The number of benzene rings is 2. The maximum absolute atomic E-state index is 5.89. The van der Waals surface area contributed by atoms with E-state index in [2.05, 4.69) is 27.4 Å². The molecule has 2 nitrogen and oxygen atoms in total. The van der Waals surface area contributed by atoms with Gasteiger partial charge in [-0.25, -0.2) is 4.98 Å². The smallest absolute Gasteiger partial charge is 0.124 e. The fourth-order valence-corrected chi connectivity index (χ4v) is 2.99. The highest BCUT2D eigenvalue weighted by Gasteiger charge is 2.06. The van der Waals surface area contributed by atoms with Crippen LogP contribution in [0.4, 0.5) is 5.69 Å². The molecule has 0 amide bonds. The molecule has 1 aromatic heterocycles. The maximum atomic E-state index is 5.89. The minimum Gasteiger partial charge on any atom is -0.236 e. The van der Waals surface area contributed by atoms with Gasteiger partial charge in [0.15, 0.2) is 0 Å². The van der Waals surface area contributed by atoms with Crippen molar-refractivity contribution in [2.45, 2.75) is 0 Å². The molecule has 0 bridgehead atoms. The predicted molar refractivity (Wildman–Crippen MR) is 84.8 cm³/mol. The van der Waals surface area contributed by atoms with Crippen molar-refractivity contribution in [2.24, 2.45) is 4.99 Å². The van der Waals surface area contributed by atoms with Crippen LogP contribution in [0.25, 0.3) is 20.8 Å². The summed E-state index contributed by atoms with van der Waals surface area (Å²) in [5, 5.41) is 4.06. The average Bonchev–Trinajstić information content (AvgIpc) is 2.83. The van der Waals surface area contributed by atoms with E-state index in [0.29, 0.717) is 0 Å². The molecule has 5 heteroatoms. The first-order valence-corrected chi connectivity index (χ1v) is 7.11. The quantitative estimate of drug-likeness (QED) is 0.471. The number of thiocarbonyl (C=S) groups is 1. The minimum absolute atomic E-state index is 0.725. The van der Waals surface area contributed by atoms with Crippen molar-refractivity contribution < 1.29 is 0 Å². The van der Waals surface area contributed by atoms with Crippen molar-refractivity contribution in [1.29, 1.82) is 0 Å². The molecular formula is C14H7ClN2S2. The number of fused-ring (bicyclic) bond motifs is 1. The summed E-state index contributed by atoms with van der Waals surface area (Å²) in [7, 11) is 0. The Morgan fingerprint density at radius 2 is 1.95 bits per heavy atom. The van der Waals surface area contributed by atoms with Gasteiger partial charge in [0.25, 0.3) is 0 Å². The fraction of sp³-hybridized carbons (Fsp3) is 0. The van der Waals surface area contributed by atoms with E-state index in [-0.39, 0.29) is 0 Å². The lowest BCUT2D eigenvalue weighted by Crippen LogP contribution is -1.74. The number of thiazole rings is 1. The molecule has 3 aromatic rings. The number of aromatic nitrogens is 1. The van der Waals surface area contributed by atoms with Crippen LogP contribution in [0.1, 0.15) is 0 Å². The van der Waals surface area contributed by atoms with Crippen LogP contribution < -0.4 is 0 Å². The van der Waals surface area contributed by atoms with Crippen LogP contribution in [0.5, 0.6) is 0 Å². The zero-order valence-corrected chi connectivity index (χ0v) is 12.0. The molecule has 0 saturated heterocycles. The van der Waals surface area contributed by atoms with Crippen molar-refractivity contribution in [3.63, 3.8) is 0 Å². The number of isothiocyanates is 1. The Morgan fingerprint density at radius 3 is 2.68 bits per heavy atom. The van der Waals surface area contributed by atoms with Gasteiger partial charge >= 0.3 is 0 Å². The second kappa shape index (κ2) is 5.19. The zero-order chi connectivity index (χ0) is 13.2. The van der Waals surface area contributed by atoms with Gasteiger partial charge in [-0.1, -0.05) is 23.7 Å². The third kappa shape index (κ3) is 2.57. The lowest BCUT2D eigenvalue weighted by atomic mass is 10.2. The molecule has 1 heterocycles. The molecule has 2 aromatic carbocycles. The maximum Gasteiger partial charge on any atom is 0.124 e. The molecule has 0 N–H and O–H groups in total. The van der Waals surface area contributed by atoms with Crippen molar-refractivity contribution in [2.75, 3.05) is 0 Å². The van der Waals surface area contributed by atoms with Gasteiger partial charge in [-0.2, -0.15) is 4.99 Å². The topological polar surface area (TPSA) is 25.2 Å². The van der Waals surface area contributed by atoms with E-state index in [9.17, 15) is 0 Å². The molecule has 19 heavy (non-hydrogen) atoms. The predicted octanol–water partition coefficient (Wildman–Crippen LogP) is 5.35. The van der Waals surface area contributed by atoms with Gasteiger partial charge in [0.05, 0.1) is 21.1 Å². The van der Waals surface area contributed by atoms with Crippen molar-refractivity contribution in [3.8, 4) is 10.6 Å². The average molecular weight is 303 g/mol. The Bertz CT molecular complexity index is 787.